The van der Waals surface area contributed by atoms with Crippen LogP contribution in [0.4, 0.5) is 15.8 Å². The van der Waals surface area contributed by atoms with Crippen LogP contribution in [0.15, 0.2) is 54.6 Å². The number of carbonyl (C=O) groups excluding carboxylic acids is 1. The Morgan fingerprint density at radius 1 is 1.03 bits per heavy atom. The van der Waals surface area contributed by atoms with E-state index in [0.717, 1.165) is 16.2 Å². The summed E-state index contributed by atoms with van der Waals surface area (Å²) in [4.78, 5) is 17.1. The number of nitrogens with zero attached hydrogens (tertiary/aromatic N) is 3. The molecule has 2 aromatic rings. The highest BCUT2D eigenvalue weighted by atomic mass is 32.2. The maximum absolute atomic E-state index is 14.4. The fourth-order valence-electron chi connectivity index (χ4n) is 3.68. The van der Waals surface area contributed by atoms with Crippen molar-refractivity contribution < 1.29 is 17.6 Å². The Labute approximate surface area is 171 Å². The molecular weight excluding hydrogens is 393 g/mol. The van der Waals surface area contributed by atoms with Crippen LogP contribution in [-0.2, 0) is 14.8 Å². The normalized spacial score (nSPS) is 15.8. The third kappa shape index (κ3) is 4.70. The average Bonchev–Trinajstić information content (AvgIpc) is 2.72. The van der Waals surface area contributed by atoms with Gasteiger partial charge in [-0.3, -0.25) is 9.10 Å². The molecule has 0 spiro atoms. The van der Waals surface area contributed by atoms with Crippen molar-refractivity contribution in [2.24, 2.45) is 0 Å². The van der Waals surface area contributed by atoms with E-state index in [9.17, 15) is 17.6 Å². The maximum atomic E-state index is 14.4. The summed E-state index contributed by atoms with van der Waals surface area (Å²) >= 11 is 0. The monoisotopic (exact) mass is 419 g/mol. The molecule has 0 aliphatic carbocycles. The van der Waals surface area contributed by atoms with Gasteiger partial charge in [0.15, 0.2) is 0 Å². The molecule has 1 heterocycles. The molecule has 1 aliphatic heterocycles. The zero-order valence-electron chi connectivity index (χ0n) is 16.7. The zero-order chi connectivity index (χ0) is 21.0. The Kier molecular flexibility index (Phi) is 6.42. The second kappa shape index (κ2) is 8.82. The molecule has 29 heavy (non-hydrogen) atoms. The van der Waals surface area contributed by atoms with Crippen molar-refractivity contribution in [2.75, 3.05) is 41.6 Å². The summed E-state index contributed by atoms with van der Waals surface area (Å²) in [5, 5.41) is 0. The molecule has 1 saturated heterocycles. The van der Waals surface area contributed by atoms with E-state index in [1.54, 1.807) is 17.9 Å². The smallest absolute Gasteiger partial charge is 0.246 e. The largest absolute Gasteiger partial charge is 0.368 e. The predicted molar refractivity (Wildman–Crippen MR) is 113 cm³/mol. The lowest BCUT2D eigenvalue weighted by Gasteiger charge is -2.39. The van der Waals surface area contributed by atoms with Crippen LogP contribution in [0.5, 0.6) is 0 Å². The highest BCUT2D eigenvalue weighted by Gasteiger charge is 2.36. The van der Waals surface area contributed by atoms with E-state index in [0.29, 0.717) is 26.2 Å². The first-order valence-electron chi connectivity index (χ1n) is 9.65. The number of rotatable bonds is 6. The zero-order valence-corrected chi connectivity index (χ0v) is 17.5. The first-order chi connectivity index (χ1) is 13.8. The number of benzene rings is 2. The molecule has 3 rings (SSSR count). The van der Waals surface area contributed by atoms with E-state index in [1.165, 1.54) is 18.2 Å². The van der Waals surface area contributed by atoms with Crippen molar-refractivity contribution >= 4 is 27.3 Å². The fourth-order valence-corrected chi connectivity index (χ4v) is 4.89. The van der Waals surface area contributed by atoms with Gasteiger partial charge in [-0.25, -0.2) is 12.8 Å². The molecule has 1 fully saturated rings. The van der Waals surface area contributed by atoms with Crippen molar-refractivity contribution in [3.05, 3.63) is 60.4 Å². The van der Waals surface area contributed by atoms with E-state index in [4.69, 9.17) is 0 Å². The van der Waals surface area contributed by atoms with Gasteiger partial charge in [-0.05, 0) is 30.7 Å². The van der Waals surface area contributed by atoms with Gasteiger partial charge in [0.1, 0.15) is 11.9 Å². The maximum Gasteiger partial charge on any atom is 0.246 e. The Hall–Kier alpha value is -2.61. The second-order valence-corrected chi connectivity index (χ2v) is 8.94. The Morgan fingerprint density at radius 2 is 1.62 bits per heavy atom. The van der Waals surface area contributed by atoms with Gasteiger partial charge in [0, 0.05) is 31.9 Å². The number of halogens is 1. The quantitative estimate of drug-likeness (QED) is 0.722. The molecule has 0 N–H and O–H groups in total. The molecule has 0 aromatic heterocycles. The van der Waals surface area contributed by atoms with E-state index < -0.39 is 21.9 Å². The van der Waals surface area contributed by atoms with Crippen molar-refractivity contribution in [1.82, 2.24) is 4.90 Å². The first kappa shape index (κ1) is 21.1. The third-order valence-electron chi connectivity index (χ3n) is 5.11. The molecule has 2 aromatic carbocycles. The minimum Gasteiger partial charge on any atom is -0.368 e. The second-order valence-electron chi connectivity index (χ2n) is 7.08. The molecule has 156 valence electrons. The molecule has 0 unspecified atom stereocenters. The fraction of sp³-hybridized carbons (Fsp3) is 0.381. The highest BCUT2D eigenvalue weighted by Crippen LogP contribution is 2.27. The van der Waals surface area contributed by atoms with E-state index >= 15 is 0 Å². The molecule has 8 heteroatoms. The SMILES string of the molecule is CC[C@@H](C(=O)N1CCN(c2ccccc2)CC1)N(c1ccccc1F)S(C)(=O)=O. The molecule has 1 amide bonds. The van der Waals surface area contributed by atoms with Crippen molar-refractivity contribution in [2.45, 2.75) is 19.4 Å². The number of hydrogen-bond donors (Lipinski definition) is 0. The van der Waals surface area contributed by atoms with Crippen LogP contribution in [0, 0.1) is 5.82 Å². The molecule has 1 aliphatic rings. The van der Waals surface area contributed by atoms with Gasteiger partial charge in [-0.15, -0.1) is 0 Å². The van der Waals surface area contributed by atoms with Crippen LogP contribution in [-0.4, -0.2) is 57.7 Å². The standard InChI is InChI=1S/C21H26FN3O3S/c1-3-19(25(29(2,27)28)20-12-8-7-11-18(20)22)21(26)24-15-13-23(14-16-24)17-9-5-4-6-10-17/h4-12,19H,3,13-16H2,1-2H3/t19-/m0/s1. The van der Waals surface area contributed by atoms with Crippen molar-refractivity contribution in [3.63, 3.8) is 0 Å². The molecule has 0 saturated carbocycles. The van der Waals surface area contributed by atoms with Crippen LogP contribution in [0.2, 0.25) is 0 Å². The van der Waals surface area contributed by atoms with E-state index in [-0.39, 0.29) is 18.0 Å². The van der Waals surface area contributed by atoms with Gasteiger partial charge in [0.2, 0.25) is 15.9 Å². The summed E-state index contributed by atoms with van der Waals surface area (Å²) in [6.07, 6.45) is 1.25. The number of para-hydroxylation sites is 2. The summed E-state index contributed by atoms with van der Waals surface area (Å²) in [7, 11) is -3.85. The Balaban J connectivity index is 1.80. The van der Waals surface area contributed by atoms with Crippen LogP contribution >= 0.6 is 0 Å². The van der Waals surface area contributed by atoms with Gasteiger partial charge in [-0.1, -0.05) is 37.3 Å². The van der Waals surface area contributed by atoms with Crippen LogP contribution in [0.25, 0.3) is 0 Å². The number of hydrogen-bond acceptors (Lipinski definition) is 4. The van der Waals surface area contributed by atoms with Gasteiger partial charge >= 0.3 is 0 Å². The number of piperazine rings is 1. The molecule has 0 radical (unpaired) electrons. The summed E-state index contributed by atoms with van der Waals surface area (Å²) in [6.45, 7) is 4.02. The molecule has 0 bridgehead atoms. The lowest BCUT2D eigenvalue weighted by atomic mass is 10.1. The minimum absolute atomic E-state index is 0.0990. The molecular formula is C21H26FN3O3S. The first-order valence-corrected chi connectivity index (χ1v) is 11.5. The summed E-state index contributed by atoms with van der Waals surface area (Å²) in [5.41, 5.74) is 0.994. The van der Waals surface area contributed by atoms with Gasteiger partial charge in [0.05, 0.1) is 11.9 Å². The average molecular weight is 420 g/mol. The minimum atomic E-state index is -3.85. The number of carbonyl (C=O) groups is 1. The predicted octanol–water partition coefficient (Wildman–Crippen LogP) is 2.72. The summed E-state index contributed by atoms with van der Waals surface area (Å²) in [6, 6.07) is 14.6. The number of anilines is 2. The van der Waals surface area contributed by atoms with Gasteiger partial charge in [0.25, 0.3) is 0 Å². The lowest BCUT2D eigenvalue weighted by molar-refractivity contribution is -0.132. The van der Waals surface area contributed by atoms with Crippen LogP contribution in [0.3, 0.4) is 0 Å². The topological polar surface area (TPSA) is 60.9 Å². The van der Waals surface area contributed by atoms with Crippen LogP contribution < -0.4 is 9.21 Å². The Morgan fingerprint density at radius 3 is 2.17 bits per heavy atom. The molecule has 1 atom stereocenters. The van der Waals surface area contributed by atoms with Crippen LogP contribution in [0.1, 0.15) is 13.3 Å². The third-order valence-corrected chi connectivity index (χ3v) is 6.28. The van der Waals surface area contributed by atoms with Crippen molar-refractivity contribution in [1.29, 1.82) is 0 Å². The van der Waals surface area contributed by atoms with E-state index in [1.807, 2.05) is 30.3 Å². The van der Waals surface area contributed by atoms with E-state index in [2.05, 4.69) is 4.90 Å². The van der Waals surface area contributed by atoms with Gasteiger partial charge < -0.3 is 9.80 Å². The number of sulfonamides is 1. The van der Waals surface area contributed by atoms with Crippen molar-refractivity contribution in [3.8, 4) is 0 Å². The summed E-state index contributed by atoms with van der Waals surface area (Å²) < 4.78 is 40.3. The number of amides is 1. The highest BCUT2D eigenvalue weighted by molar-refractivity contribution is 7.92. The lowest BCUT2D eigenvalue weighted by Crippen LogP contribution is -2.56. The molecule has 6 nitrogen and oxygen atoms in total. The Bertz CT molecular complexity index is 945. The summed E-state index contributed by atoms with van der Waals surface area (Å²) in [5.74, 6) is -0.966. The van der Waals surface area contributed by atoms with Gasteiger partial charge in [-0.2, -0.15) is 0 Å².